The zero-order chi connectivity index (χ0) is 29.3. The van der Waals surface area contributed by atoms with Crippen molar-refractivity contribution < 1.29 is 0 Å². The molecule has 0 unspecified atom stereocenters. The van der Waals surface area contributed by atoms with E-state index in [4.69, 9.17) is 9.97 Å². The maximum absolute atomic E-state index is 5.44. The van der Waals surface area contributed by atoms with E-state index < -0.39 is 0 Å². The highest BCUT2D eigenvalue weighted by atomic mass is 14.8. The van der Waals surface area contributed by atoms with Crippen molar-refractivity contribution in [3.8, 4) is 22.3 Å². The van der Waals surface area contributed by atoms with Gasteiger partial charge in [-0.15, -0.1) is 0 Å². The molecule has 1 aliphatic carbocycles. The summed E-state index contributed by atoms with van der Waals surface area (Å²) in [6.07, 6.45) is 5.23. The van der Waals surface area contributed by atoms with Gasteiger partial charge < -0.3 is 9.97 Å². The number of aromatic amines is 2. The van der Waals surface area contributed by atoms with Gasteiger partial charge in [-0.1, -0.05) is 51.5 Å². The van der Waals surface area contributed by atoms with Crippen molar-refractivity contribution in [2.75, 3.05) is 0 Å². The monoisotopic (exact) mass is 552 g/mol. The molecule has 0 fully saturated rings. The van der Waals surface area contributed by atoms with Crippen LogP contribution in [0.5, 0.6) is 0 Å². The molecule has 3 aliphatic rings. The van der Waals surface area contributed by atoms with Crippen LogP contribution in [0.2, 0.25) is 0 Å². The summed E-state index contributed by atoms with van der Waals surface area (Å²) in [6, 6.07) is 15.7. The number of allylic oxidation sites excluding steroid dienone is 4. The first kappa shape index (κ1) is 26.7. The second kappa shape index (κ2) is 9.97. The Balaban J connectivity index is 1.70. The maximum atomic E-state index is 5.44. The smallest absolute Gasteiger partial charge is 0.0772 e. The molecule has 0 atom stereocenters. The van der Waals surface area contributed by atoms with Crippen LogP contribution in [0.4, 0.5) is 0 Å². The number of H-pyrrole nitrogens is 2. The Kier molecular flexibility index (Phi) is 6.34. The summed E-state index contributed by atoms with van der Waals surface area (Å²) in [5.41, 5.74) is 23.2. The fraction of sp³-hybridized carbons (Fsp3) is 0.316. The van der Waals surface area contributed by atoms with E-state index in [2.05, 4.69) is 101 Å². The van der Waals surface area contributed by atoms with Gasteiger partial charge in [-0.3, -0.25) is 0 Å². The largest absolute Gasteiger partial charge is 0.355 e. The van der Waals surface area contributed by atoms with Crippen LogP contribution in [0, 0.1) is 13.8 Å². The van der Waals surface area contributed by atoms with Crippen LogP contribution in [0.3, 0.4) is 0 Å². The van der Waals surface area contributed by atoms with Crippen LogP contribution in [0.25, 0.3) is 66.6 Å². The molecular formula is C38H40N4. The molecule has 3 aromatic heterocycles. The minimum absolute atomic E-state index is 0.945. The molecule has 2 N–H and O–H groups in total. The van der Waals surface area contributed by atoms with Gasteiger partial charge in [-0.05, 0) is 122 Å². The second-order valence-electron chi connectivity index (χ2n) is 12.1. The quantitative estimate of drug-likeness (QED) is 0.228. The Hall–Kier alpha value is -4.18. The van der Waals surface area contributed by atoms with E-state index in [9.17, 15) is 0 Å². The Morgan fingerprint density at radius 3 is 2.05 bits per heavy atom. The van der Waals surface area contributed by atoms with E-state index in [1.54, 1.807) is 0 Å². The lowest BCUT2D eigenvalue weighted by atomic mass is 9.95. The fourth-order valence-electron chi connectivity index (χ4n) is 7.34. The second-order valence-corrected chi connectivity index (χ2v) is 12.1. The van der Waals surface area contributed by atoms with E-state index in [0.29, 0.717) is 0 Å². The first-order valence-electron chi connectivity index (χ1n) is 15.6. The van der Waals surface area contributed by atoms with Crippen LogP contribution in [-0.2, 0) is 6.42 Å². The highest BCUT2D eigenvalue weighted by Gasteiger charge is 2.30. The van der Waals surface area contributed by atoms with E-state index in [0.717, 1.165) is 71.4 Å². The zero-order valence-electron chi connectivity index (χ0n) is 26.0. The summed E-state index contributed by atoms with van der Waals surface area (Å²) in [5, 5.41) is 0. The number of fused-ring (bicyclic) bond motifs is 11. The summed E-state index contributed by atoms with van der Waals surface area (Å²) in [5.74, 6) is 0. The van der Waals surface area contributed by atoms with E-state index in [-0.39, 0.29) is 0 Å². The number of rotatable bonds is 5. The number of unbranched alkanes of at least 4 members (excludes halogenated alkanes) is 1. The Bertz CT molecular complexity index is 2030. The number of hydrogen-bond acceptors (Lipinski definition) is 2. The molecular weight excluding hydrogens is 512 g/mol. The van der Waals surface area contributed by atoms with Crippen molar-refractivity contribution in [3.05, 3.63) is 81.9 Å². The number of nitrogens with zero attached hydrogens (tertiary/aromatic N) is 2. The highest BCUT2D eigenvalue weighted by Crippen LogP contribution is 2.51. The number of nitrogens with one attached hydrogen (secondary N) is 2. The molecule has 42 heavy (non-hydrogen) atoms. The van der Waals surface area contributed by atoms with Gasteiger partial charge in [-0.2, -0.15) is 0 Å². The average molecular weight is 553 g/mol. The van der Waals surface area contributed by atoms with Crippen molar-refractivity contribution in [3.63, 3.8) is 0 Å². The molecule has 7 rings (SSSR count). The fourth-order valence-corrected chi connectivity index (χ4v) is 7.34. The first-order chi connectivity index (χ1) is 20.4. The SMILES string of the molecule is CCCCC1=C(C)c2cc3nc(cc4[nH]c(cc5[nH]c6c(c1n2)-c1ccccc1-c6c5C)c(C)c4CC)C(CC)=C3C. The summed E-state index contributed by atoms with van der Waals surface area (Å²) >= 11 is 0. The van der Waals surface area contributed by atoms with Crippen molar-refractivity contribution in [2.24, 2.45) is 0 Å². The Morgan fingerprint density at radius 2 is 1.33 bits per heavy atom. The summed E-state index contributed by atoms with van der Waals surface area (Å²) in [7, 11) is 0. The maximum Gasteiger partial charge on any atom is 0.0772 e. The molecule has 0 amide bonds. The van der Waals surface area contributed by atoms with E-state index in [1.807, 2.05) is 0 Å². The molecule has 0 saturated heterocycles. The highest BCUT2D eigenvalue weighted by molar-refractivity contribution is 6.13. The van der Waals surface area contributed by atoms with Crippen LogP contribution >= 0.6 is 0 Å². The number of aryl methyl sites for hydroxylation is 3. The molecule has 4 aromatic rings. The molecule has 4 nitrogen and oxygen atoms in total. The third kappa shape index (κ3) is 3.81. The Morgan fingerprint density at radius 1 is 0.643 bits per heavy atom. The minimum Gasteiger partial charge on any atom is -0.355 e. The zero-order valence-corrected chi connectivity index (χ0v) is 26.0. The summed E-state index contributed by atoms with van der Waals surface area (Å²) in [6.45, 7) is 15.7. The van der Waals surface area contributed by atoms with Gasteiger partial charge in [0.05, 0.1) is 28.3 Å². The van der Waals surface area contributed by atoms with Crippen LogP contribution in [0.1, 0.15) is 99.8 Å². The van der Waals surface area contributed by atoms with Crippen molar-refractivity contribution in [1.82, 2.24) is 19.9 Å². The van der Waals surface area contributed by atoms with Crippen LogP contribution in [-0.4, -0.2) is 19.9 Å². The molecule has 4 heteroatoms. The minimum atomic E-state index is 0.945. The topological polar surface area (TPSA) is 57.4 Å². The average Bonchev–Trinajstić information content (AvgIpc) is 3.72. The number of aromatic nitrogens is 4. The van der Waals surface area contributed by atoms with Gasteiger partial charge in [-0.25, -0.2) is 9.97 Å². The predicted molar refractivity (Wildman–Crippen MR) is 179 cm³/mol. The molecule has 1 aromatic carbocycles. The molecule has 0 radical (unpaired) electrons. The van der Waals surface area contributed by atoms with Crippen molar-refractivity contribution >= 4 is 44.4 Å². The molecule has 8 bridgehead atoms. The standard InChI is InChI=1S/C38H40N4/c1-8-11-14-26-22(6)31-17-29-20(4)24(9-2)33(39-29)19-34-25(10-3)21(5)30(40-34)18-32-23(7)35-27-15-12-13-16-28(27)36(37(26)41-31)38(35)42-32/h12-13,15-19,40,42H,8-11,14H2,1-7H3. The van der Waals surface area contributed by atoms with Gasteiger partial charge in [0, 0.05) is 27.7 Å². The molecule has 5 heterocycles. The van der Waals surface area contributed by atoms with Gasteiger partial charge >= 0.3 is 0 Å². The Labute approximate surface area is 248 Å². The van der Waals surface area contributed by atoms with Gasteiger partial charge in [0.2, 0.25) is 0 Å². The lowest BCUT2D eigenvalue weighted by molar-refractivity contribution is 0.824. The van der Waals surface area contributed by atoms with Gasteiger partial charge in [0.15, 0.2) is 0 Å². The van der Waals surface area contributed by atoms with Crippen LogP contribution in [0.15, 0.2) is 42.5 Å². The van der Waals surface area contributed by atoms with Gasteiger partial charge in [0.25, 0.3) is 0 Å². The molecule has 0 saturated carbocycles. The normalized spacial score (nSPS) is 13.9. The lowest BCUT2D eigenvalue weighted by Gasteiger charge is -2.08. The number of hydrogen-bond donors (Lipinski definition) is 2. The van der Waals surface area contributed by atoms with Crippen molar-refractivity contribution in [2.45, 2.75) is 80.6 Å². The predicted octanol–water partition coefficient (Wildman–Crippen LogP) is 10.6. The number of benzene rings is 1. The molecule has 0 spiro atoms. The molecule has 2 aliphatic heterocycles. The molecule has 212 valence electrons. The van der Waals surface area contributed by atoms with Crippen LogP contribution < -0.4 is 0 Å². The van der Waals surface area contributed by atoms with Gasteiger partial charge in [0.1, 0.15) is 0 Å². The lowest BCUT2D eigenvalue weighted by Crippen LogP contribution is -1.89. The first-order valence-corrected chi connectivity index (χ1v) is 15.6. The summed E-state index contributed by atoms with van der Waals surface area (Å²) in [4.78, 5) is 18.4. The third-order valence-electron chi connectivity index (χ3n) is 9.76. The third-order valence-corrected chi connectivity index (χ3v) is 9.76. The van der Waals surface area contributed by atoms with E-state index >= 15 is 0 Å². The summed E-state index contributed by atoms with van der Waals surface area (Å²) < 4.78 is 0. The van der Waals surface area contributed by atoms with E-state index in [1.165, 1.54) is 66.8 Å². The van der Waals surface area contributed by atoms with Crippen molar-refractivity contribution in [1.29, 1.82) is 0 Å².